The Bertz CT molecular complexity index is 341. The Labute approximate surface area is 91.3 Å². The zero-order valence-corrected chi connectivity index (χ0v) is 9.53. The Morgan fingerprint density at radius 1 is 1.40 bits per heavy atom. The molecule has 2 rings (SSSR count). The summed E-state index contributed by atoms with van der Waals surface area (Å²) in [6.45, 7) is 6.40. The van der Waals surface area contributed by atoms with Crippen LogP contribution in [0.3, 0.4) is 0 Å². The quantitative estimate of drug-likeness (QED) is 0.803. The summed E-state index contributed by atoms with van der Waals surface area (Å²) in [4.78, 5) is 6.89. The van der Waals surface area contributed by atoms with Crippen molar-refractivity contribution in [2.24, 2.45) is 5.73 Å². The van der Waals surface area contributed by atoms with Gasteiger partial charge in [-0.2, -0.15) is 0 Å². The molecule has 1 unspecified atom stereocenters. The second kappa shape index (κ2) is 4.19. The standard InChI is InChI=1S/C12H19N3/c1-9-7-11(10(2)13)8-14-12(9)15-5-3-4-6-15/h7-8,10H,3-6,13H2,1-2H3. The highest BCUT2D eigenvalue weighted by atomic mass is 15.2. The monoisotopic (exact) mass is 205 g/mol. The topological polar surface area (TPSA) is 42.1 Å². The van der Waals surface area contributed by atoms with Crippen LogP contribution in [-0.4, -0.2) is 18.1 Å². The van der Waals surface area contributed by atoms with Crippen LogP contribution in [0, 0.1) is 6.92 Å². The van der Waals surface area contributed by atoms with Gasteiger partial charge < -0.3 is 10.6 Å². The molecule has 0 radical (unpaired) electrons. The Kier molecular flexibility index (Phi) is 2.91. The van der Waals surface area contributed by atoms with Crippen molar-refractivity contribution in [2.45, 2.75) is 32.7 Å². The number of pyridine rings is 1. The maximum absolute atomic E-state index is 5.83. The van der Waals surface area contributed by atoms with Gasteiger partial charge in [0, 0.05) is 25.3 Å². The van der Waals surface area contributed by atoms with Gasteiger partial charge in [-0.1, -0.05) is 0 Å². The smallest absolute Gasteiger partial charge is 0.131 e. The first-order valence-electron chi connectivity index (χ1n) is 5.65. The number of anilines is 1. The number of hydrogen-bond acceptors (Lipinski definition) is 3. The van der Waals surface area contributed by atoms with Gasteiger partial charge in [-0.3, -0.25) is 0 Å². The van der Waals surface area contributed by atoms with Crippen LogP contribution in [0.25, 0.3) is 0 Å². The predicted molar refractivity (Wildman–Crippen MR) is 63.0 cm³/mol. The van der Waals surface area contributed by atoms with Crippen molar-refractivity contribution < 1.29 is 0 Å². The molecular weight excluding hydrogens is 186 g/mol. The van der Waals surface area contributed by atoms with Gasteiger partial charge >= 0.3 is 0 Å². The molecule has 0 amide bonds. The highest BCUT2D eigenvalue weighted by molar-refractivity contribution is 5.48. The second-order valence-electron chi connectivity index (χ2n) is 4.39. The van der Waals surface area contributed by atoms with Crippen LogP contribution < -0.4 is 10.6 Å². The van der Waals surface area contributed by atoms with E-state index >= 15 is 0 Å². The Morgan fingerprint density at radius 2 is 2.07 bits per heavy atom. The molecule has 0 saturated carbocycles. The molecule has 15 heavy (non-hydrogen) atoms. The van der Waals surface area contributed by atoms with E-state index in [-0.39, 0.29) is 6.04 Å². The fourth-order valence-corrected chi connectivity index (χ4v) is 2.10. The fraction of sp³-hybridized carbons (Fsp3) is 0.583. The normalized spacial score (nSPS) is 18.2. The van der Waals surface area contributed by atoms with Gasteiger partial charge in [-0.15, -0.1) is 0 Å². The van der Waals surface area contributed by atoms with E-state index in [0.717, 1.165) is 24.5 Å². The highest BCUT2D eigenvalue weighted by Crippen LogP contribution is 2.23. The SMILES string of the molecule is Cc1cc(C(C)N)cnc1N1CCCC1. The summed E-state index contributed by atoms with van der Waals surface area (Å²) >= 11 is 0. The summed E-state index contributed by atoms with van der Waals surface area (Å²) in [7, 11) is 0. The first-order chi connectivity index (χ1) is 7.18. The van der Waals surface area contributed by atoms with Crippen LogP contribution >= 0.6 is 0 Å². The minimum absolute atomic E-state index is 0.0730. The predicted octanol–water partition coefficient (Wildman–Crippen LogP) is 2.01. The molecule has 82 valence electrons. The first kappa shape index (κ1) is 10.4. The lowest BCUT2D eigenvalue weighted by Gasteiger charge is -2.19. The molecule has 1 fully saturated rings. The molecule has 1 aromatic heterocycles. The van der Waals surface area contributed by atoms with Crippen LogP contribution in [0.5, 0.6) is 0 Å². The average Bonchev–Trinajstić information content (AvgIpc) is 2.70. The summed E-state index contributed by atoms with van der Waals surface area (Å²) in [6, 6.07) is 2.23. The van der Waals surface area contributed by atoms with Crippen LogP contribution in [-0.2, 0) is 0 Å². The van der Waals surface area contributed by atoms with Gasteiger partial charge in [0.2, 0.25) is 0 Å². The minimum atomic E-state index is 0.0730. The Hall–Kier alpha value is -1.09. The lowest BCUT2D eigenvalue weighted by atomic mass is 10.1. The van der Waals surface area contributed by atoms with Gasteiger partial charge in [0.15, 0.2) is 0 Å². The van der Waals surface area contributed by atoms with Crippen molar-refractivity contribution in [1.82, 2.24) is 4.98 Å². The molecule has 3 nitrogen and oxygen atoms in total. The van der Waals surface area contributed by atoms with Crippen molar-refractivity contribution in [2.75, 3.05) is 18.0 Å². The van der Waals surface area contributed by atoms with Gasteiger partial charge in [0.05, 0.1) is 0 Å². The van der Waals surface area contributed by atoms with Crippen LogP contribution in [0.4, 0.5) is 5.82 Å². The molecule has 1 atom stereocenters. The molecule has 1 aliphatic rings. The third-order valence-electron chi connectivity index (χ3n) is 3.00. The summed E-state index contributed by atoms with van der Waals surface area (Å²) < 4.78 is 0. The molecule has 0 aliphatic carbocycles. The highest BCUT2D eigenvalue weighted by Gasteiger charge is 2.15. The summed E-state index contributed by atoms with van der Waals surface area (Å²) in [6.07, 6.45) is 4.48. The lowest BCUT2D eigenvalue weighted by Crippen LogP contribution is -2.20. The molecule has 0 bridgehead atoms. The van der Waals surface area contributed by atoms with Gasteiger partial charge in [-0.25, -0.2) is 4.98 Å². The number of nitrogens with zero attached hydrogens (tertiary/aromatic N) is 2. The number of rotatable bonds is 2. The molecule has 0 spiro atoms. The molecule has 0 aromatic carbocycles. The number of nitrogens with two attached hydrogens (primary N) is 1. The molecule has 2 heterocycles. The lowest BCUT2D eigenvalue weighted by molar-refractivity contribution is 0.805. The first-order valence-corrected chi connectivity index (χ1v) is 5.65. The molecule has 1 aliphatic heterocycles. The zero-order chi connectivity index (χ0) is 10.8. The molecule has 2 N–H and O–H groups in total. The van der Waals surface area contributed by atoms with E-state index in [4.69, 9.17) is 5.73 Å². The summed E-state index contributed by atoms with van der Waals surface area (Å²) in [5, 5.41) is 0. The van der Waals surface area contributed by atoms with E-state index < -0.39 is 0 Å². The molecule has 1 aromatic rings. The van der Waals surface area contributed by atoms with Crippen LogP contribution in [0.15, 0.2) is 12.3 Å². The minimum Gasteiger partial charge on any atom is -0.356 e. The number of aromatic nitrogens is 1. The summed E-state index contributed by atoms with van der Waals surface area (Å²) in [5.41, 5.74) is 8.20. The van der Waals surface area contributed by atoms with Gasteiger partial charge in [-0.05, 0) is 43.9 Å². The zero-order valence-electron chi connectivity index (χ0n) is 9.53. The van der Waals surface area contributed by atoms with Crippen LogP contribution in [0.2, 0.25) is 0 Å². The van der Waals surface area contributed by atoms with E-state index in [1.807, 2.05) is 13.1 Å². The molecule has 1 saturated heterocycles. The molecular formula is C12H19N3. The third kappa shape index (κ3) is 2.12. The van der Waals surface area contributed by atoms with E-state index in [1.54, 1.807) is 0 Å². The van der Waals surface area contributed by atoms with Gasteiger partial charge in [0.1, 0.15) is 5.82 Å². The fourth-order valence-electron chi connectivity index (χ4n) is 2.10. The van der Waals surface area contributed by atoms with Crippen molar-refractivity contribution in [1.29, 1.82) is 0 Å². The summed E-state index contributed by atoms with van der Waals surface area (Å²) in [5.74, 6) is 1.14. The van der Waals surface area contributed by atoms with E-state index in [2.05, 4.69) is 22.9 Å². The molecule has 3 heteroatoms. The van der Waals surface area contributed by atoms with Crippen molar-refractivity contribution >= 4 is 5.82 Å². The van der Waals surface area contributed by atoms with Crippen molar-refractivity contribution in [3.05, 3.63) is 23.4 Å². The second-order valence-corrected chi connectivity index (χ2v) is 4.39. The number of hydrogen-bond donors (Lipinski definition) is 1. The van der Waals surface area contributed by atoms with Crippen molar-refractivity contribution in [3.8, 4) is 0 Å². The maximum atomic E-state index is 5.83. The largest absolute Gasteiger partial charge is 0.356 e. The third-order valence-corrected chi connectivity index (χ3v) is 3.00. The van der Waals surface area contributed by atoms with E-state index in [9.17, 15) is 0 Å². The maximum Gasteiger partial charge on any atom is 0.131 e. The van der Waals surface area contributed by atoms with Crippen molar-refractivity contribution in [3.63, 3.8) is 0 Å². The van der Waals surface area contributed by atoms with Crippen LogP contribution in [0.1, 0.15) is 36.9 Å². The van der Waals surface area contributed by atoms with Gasteiger partial charge in [0.25, 0.3) is 0 Å². The Balaban J connectivity index is 2.25. The van der Waals surface area contributed by atoms with E-state index in [0.29, 0.717) is 0 Å². The van der Waals surface area contributed by atoms with E-state index in [1.165, 1.54) is 18.4 Å². The number of aryl methyl sites for hydroxylation is 1. The average molecular weight is 205 g/mol. The Morgan fingerprint density at radius 3 is 2.60 bits per heavy atom.